The lowest BCUT2D eigenvalue weighted by molar-refractivity contribution is 0.102. The second-order valence-corrected chi connectivity index (χ2v) is 4.92. The third-order valence-corrected chi connectivity index (χ3v) is 3.42. The van der Waals surface area contributed by atoms with Crippen LogP contribution >= 0.6 is 11.3 Å². The predicted octanol–water partition coefficient (Wildman–Crippen LogP) is 1.77. The molecule has 0 bridgehead atoms. The van der Waals surface area contributed by atoms with Crippen molar-refractivity contribution in [2.24, 2.45) is 0 Å². The molecule has 20 heavy (non-hydrogen) atoms. The quantitative estimate of drug-likeness (QED) is 0.753. The van der Waals surface area contributed by atoms with Crippen molar-refractivity contribution in [3.05, 3.63) is 52.2 Å². The van der Waals surface area contributed by atoms with Crippen molar-refractivity contribution >= 4 is 32.6 Å². The molecular weight excluding hydrogens is 283 g/mol. The monoisotopic (exact) mass is 290 g/mol. The van der Waals surface area contributed by atoms with Crippen LogP contribution in [0.5, 0.6) is 0 Å². The maximum Gasteiger partial charge on any atom is 0.277 e. The molecule has 2 N–H and O–H groups in total. The third-order valence-electron chi connectivity index (χ3n) is 2.48. The van der Waals surface area contributed by atoms with E-state index in [0.29, 0.717) is 15.3 Å². The number of rotatable bonds is 2. The summed E-state index contributed by atoms with van der Waals surface area (Å²) < 4.78 is 13.7. The van der Waals surface area contributed by atoms with E-state index in [1.807, 2.05) is 0 Å². The molecule has 8 heteroatoms. The normalized spacial score (nSPS) is 10.7. The summed E-state index contributed by atoms with van der Waals surface area (Å²) in [4.78, 5) is 26.9. The Balaban J connectivity index is 1.87. The predicted molar refractivity (Wildman–Crippen MR) is 72.4 cm³/mol. The maximum absolute atomic E-state index is 13.1. The lowest BCUT2D eigenvalue weighted by Crippen LogP contribution is -2.17. The zero-order chi connectivity index (χ0) is 14.1. The van der Waals surface area contributed by atoms with Crippen molar-refractivity contribution in [2.75, 3.05) is 5.32 Å². The van der Waals surface area contributed by atoms with E-state index < -0.39 is 11.5 Å². The lowest BCUT2D eigenvalue weighted by Gasteiger charge is -1.98. The smallest absolute Gasteiger partial charge is 0.277 e. The van der Waals surface area contributed by atoms with E-state index in [0.717, 1.165) is 11.3 Å². The molecule has 0 radical (unpaired) electrons. The van der Waals surface area contributed by atoms with Gasteiger partial charge >= 0.3 is 0 Å². The van der Waals surface area contributed by atoms with Crippen molar-refractivity contribution < 1.29 is 9.18 Å². The van der Waals surface area contributed by atoms with Gasteiger partial charge in [0.05, 0.1) is 10.2 Å². The number of hydrogen-bond donors (Lipinski definition) is 2. The van der Waals surface area contributed by atoms with Crippen LogP contribution in [0.2, 0.25) is 0 Å². The van der Waals surface area contributed by atoms with E-state index in [1.54, 1.807) is 0 Å². The second-order valence-electron chi connectivity index (χ2n) is 3.89. The Hall–Kier alpha value is -2.61. The van der Waals surface area contributed by atoms with Crippen LogP contribution in [0.4, 0.5) is 9.52 Å². The van der Waals surface area contributed by atoms with Gasteiger partial charge in [0.15, 0.2) is 5.13 Å². The van der Waals surface area contributed by atoms with E-state index in [9.17, 15) is 14.0 Å². The molecule has 0 aliphatic heterocycles. The number of fused-ring (bicyclic) bond motifs is 1. The summed E-state index contributed by atoms with van der Waals surface area (Å²) in [7, 11) is 0. The van der Waals surface area contributed by atoms with Crippen LogP contribution < -0.4 is 10.9 Å². The first-order chi connectivity index (χ1) is 9.61. The molecule has 0 spiro atoms. The zero-order valence-corrected chi connectivity index (χ0v) is 10.7. The highest BCUT2D eigenvalue weighted by atomic mass is 32.1. The number of carbonyl (C=O) groups is 1. The Morgan fingerprint density at radius 1 is 1.30 bits per heavy atom. The van der Waals surface area contributed by atoms with Crippen LogP contribution in [0, 0.1) is 5.82 Å². The van der Waals surface area contributed by atoms with Gasteiger partial charge in [-0.05, 0) is 24.3 Å². The number of anilines is 1. The fourth-order valence-electron chi connectivity index (χ4n) is 1.58. The number of H-pyrrole nitrogens is 1. The summed E-state index contributed by atoms with van der Waals surface area (Å²) in [6, 6.07) is 6.70. The summed E-state index contributed by atoms with van der Waals surface area (Å²) in [6.07, 6.45) is 0. The van der Waals surface area contributed by atoms with Crippen LogP contribution in [0.15, 0.2) is 35.1 Å². The molecule has 0 atom stereocenters. The molecule has 0 aliphatic carbocycles. The fraction of sp³-hybridized carbons (Fsp3) is 0. The summed E-state index contributed by atoms with van der Waals surface area (Å²) in [5.74, 6) is -0.859. The molecule has 0 saturated heterocycles. The highest BCUT2D eigenvalue weighted by Gasteiger charge is 2.11. The first kappa shape index (κ1) is 12.4. The van der Waals surface area contributed by atoms with Crippen molar-refractivity contribution in [2.45, 2.75) is 0 Å². The van der Waals surface area contributed by atoms with Crippen LogP contribution in [-0.4, -0.2) is 21.1 Å². The fourth-order valence-corrected chi connectivity index (χ4v) is 2.47. The minimum Gasteiger partial charge on any atom is -0.296 e. The van der Waals surface area contributed by atoms with Gasteiger partial charge in [0.2, 0.25) is 0 Å². The summed E-state index contributed by atoms with van der Waals surface area (Å²) in [5.41, 5.74) is 0.271. The minimum atomic E-state index is -0.499. The first-order valence-corrected chi connectivity index (χ1v) is 6.37. The lowest BCUT2D eigenvalue weighted by atomic mass is 10.3. The van der Waals surface area contributed by atoms with Crippen molar-refractivity contribution in [3.63, 3.8) is 0 Å². The molecule has 3 aromatic rings. The van der Waals surface area contributed by atoms with Gasteiger partial charge in [-0.2, -0.15) is 5.10 Å². The number of halogens is 1. The molecule has 2 aromatic heterocycles. The number of carbonyl (C=O) groups excluding carboxylic acids is 1. The number of nitrogens with one attached hydrogen (secondary N) is 2. The molecule has 3 rings (SSSR count). The van der Waals surface area contributed by atoms with Gasteiger partial charge in [-0.15, -0.1) is 0 Å². The summed E-state index contributed by atoms with van der Waals surface area (Å²) >= 11 is 1.15. The molecule has 1 aromatic carbocycles. The molecule has 0 saturated carbocycles. The standard InChI is InChI=1S/C12H7FN4O2S/c13-6-1-2-7-9(5-6)20-12(14-7)15-11(19)8-3-4-10(18)17-16-8/h1-5H,(H,17,18)(H,14,15,19). The summed E-state index contributed by atoms with van der Waals surface area (Å²) in [5, 5.41) is 8.66. The average Bonchev–Trinajstić information content (AvgIpc) is 2.80. The highest BCUT2D eigenvalue weighted by molar-refractivity contribution is 7.22. The third kappa shape index (κ3) is 2.41. The Morgan fingerprint density at radius 3 is 2.90 bits per heavy atom. The van der Waals surface area contributed by atoms with Crippen LogP contribution in [0.1, 0.15) is 10.5 Å². The van der Waals surface area contributed by atoms with Gasteiger partial charge in [-0.25, -0.2) is 14.5 Å². The molecule has 100 valence electrons. The minimum absolute atomic E-state index is 0.0648. The molecule has 0 aliphatic rings. The molecule has 0 unspecified atom stereocenters. The highest BCUT2D eigenvalue weighted by Crippen LogP contribution is 2.26. The van der Waals surface area contributed by atoms with E-state index in [2.05, 4.69) is 20.5 Å². The number of hydrogen-bond acceptors (Lipinski definition) is 5. The average molecular weight is 290 g/mol. The number of aromatic nitrogens is 3. The molecule has 0 fully saturated rings. The second kappa shape index (κ2) is 4.82. The number of thiazole rings is 1. The number of nitrogens with zero attached hydrogens (tertiary/aromatic N) is 2. The Bertz CT molecular complexity index is 838. The van der Waals surface area contributed by atoms with Crippen molar-refractivity contribution in [1.82, 2.24) is 15.2 Å². The number of amides is 1. The molecule has 2 heterocycles. The number of benzene rings is 1. The number of aromatic amines is 1. The maximum atomic E-state index is 13.1. The Labute approximate surface area is 115 Å². The van der Waals surface area contributed by atoms with Crippen LogP contribution in [0.25, 0.3) is 10.2 Å². The van der Waals surface area contributed by atoms with Gasteiger partial charge in [-0.1, -0.05) is 11.3 Å². The van der Waals surface area contributed by atoms with Crippen LogP contribution in [0.3, 0.4) is 0 Å². The summed E-state index contributed by atoms with van der Waals surface area (Å²) in [6.45, 7) is 0. The Morgan fingerprint density at radius 2 is 2.15 bits per heavy atom. The van der Waals surface area contributed by atoms with Gasteiger partial charge in [-0.3, -0.25) is 14.9 Å². The van der Waals surface area contributed by atoms with Crippen molar-refractivity contribution in [3.8, 4) is 0 Å². The van der Waals surface area contributed by atoms with E-state index in [1.165, 1.54) is 30.3 Å². The van der Waals surface area contributed by atoms with Crippen LogP contribution in [-0.2, 0) is 0 Å². The molecule has 1 amide bonds. The SMILES string of the molecule is O=C(Nc1nc2ccc(F)cc2s1)c1ccc(=O)[nH]n1. The van der Waals surface area contributed by atoms with E-state index in [-0.39, 0.29) is 11.5 Å². The van der Waals surface area contributed by atoms with Crippen molar-refractivity contribution in [1.29, 1.82) is 0 Å². The first-order valence-electron chi connectivity index (χ1n) is 5.55. The van der Waals surface area contributed by atoms with Gasteiger partial charge in [0.1, 0.15) is 11.5 Å². The zero-order valence-electron chi connectivity index (χ0n) is 9.88. The molecule has 6 nitrogen and oxygen atoms in total. The van der Waals surface area contributed by atoms with E-state index in [4.69, 9.17) is 0 Å². The van der Waals surface area contributed by atoms with E-state index >= 15 is 0 Å². The topological polar surface area (TPSA) is 87.7 Å². The largest absolute Gasteiger partial charge is 0.296 e. The Kier molecular flexibility index (Phi) is 2.99. The van der Waals surface area contributed by atoms with Gasteiger partial charge < -0.3 is 0 Å². The van der Waals surface area contributed by atoms with Gasteiger partial charge in [0.25, 0.3) is 11.5 Å². The molecular formula is C12H7FN4O2S. The van der Waals surface area contributed by atoms with Gasteiger partial charge in [0, 0.05) is 6.07 Å².